The van der Waals surface area contributed by atoms with Gasteiger partial charge in [-0.2, -0.15) is 8.78 Å². The van der Waals surface area contributed by atoms with Crippen LogP contribution in [-0.4, -0.2) is 47.8 Å². The first kappa shape index (κ1) is 29.7. The number of ether oxygens (including phenoxy) is 2. The van der Waals surface area contributed by atoms with E-state index in [1.165, 1.54) is 44.9 Å². The Labute approximate surface area is 196 Å². The predicted octanol–water partition coefficient (Wildman–Crippen LogP) is 5.93. The summed E-state index contributed by atoms with van der Waals surface area (Å²) in [6.45, 7) is -0.589. The van der Waals surface area contributed by atoms with Crippen molar-refractivity contribution < 1.29 is 37.7 Å². The van der Waals surface area contributed by atoms with Crippen molar-refractivity contribution in [2.24, 2.45) is 5.92 Å². The van der Waals surface area contributed by atoms with Crippen molar-refractivity contribution in [2.75, 3.05) is 13.2 Å². The van der Waals surface area contributed by atoms with Crippen LogP contribution < -0.4 is 9.47 Å². The molecule has 0 bridgehead atoms. The summed E-state index contributed by atoms with van der Waals surface area (Å²) in [4.78, 5) is 10.1. The monoisotopic (exact) mass is 494 g/mol. The van der Waals surface area contributed by atoms with Crippen molar-refractivity contribution in [2.45, 2.75) is 89.5 Å². The second-order valence-electron chi connectivity index (χ2n) is 8.20. The van der Waals surface area contributed by atoms with Crippen molar-refractivity contribution >= 4 is 14.6 Å². The molecule has 0 aliphatic heterocycles. The molecule has 0 spiro atoms. The molecule has 0 saturated heterocycles. The third-order valence-electron chi connectivity index (χ3n) is 5.33. The number of halogens is 3. The SMILES string of the molecule is CCO.Fc1ccc(OC(F)F)c(OC2CCC2)c1.O=CPC1CCCCC1.OCC1CC1. The third kappa shape index (κ3) is 14.5. The maximum Gasteiger partial charge on any atom is 0.387 e. The van der Waals surface area contributed by atoms with Gasteiger partial charge in [0.15, 0.2) is 11.5 Å². The Bertz CT molecular complexity index is 637. The van der Waals surface area contributed by atoms with E-state index in [2.05, 4.69) is 4.74 Å². The second-order valence-corrected chi connectivity index (χ2v) is 9.59. The van der Waals surface area contributed by atoms with Crippen molar-refractivity contribution in [3.8, 4) is 11.5 Å². The number of hydrogen-bond acceptors (Lipinski definition) is 5. The molecule has 33 heavy (non-hydrogen) atoms. The van der Waals surface area contributed by atoms with Gasteiger partial charge < -0.3 is 19.7 Å². The second kappa shape index (κ2) is 18.0. The van der Waals surface area contributed by atoms with E-state index in [0.717, 1.165) is 49.1 Å². The van der Waals surface area contributed by atoms with Gasteiger partial charge in [0, 0.05) is 19.3 Å². The molecular weight excluding hydrogens is 456 g/mol. The van der Waals surface area contributed by atoms with E-state index in [1.54, 1.807) is 6.92 Å². The zero-order valence-corrected chi connectivity index (χ0v) is 20.4. The van der Waals surface area contributed by atoms with Gasteiger partial charge in [0.1, 0.15) is 11.8 Å². The Morgan fingerprint density at radius 2 is 1.67 bits per heavy atom. The fraction of sp³-hybridized carbons (Fsp3) is 0.708. The Kier molecular flexibility index (Phi) is 16.2. The fourth-order valence-corrected chi connectivity index (χ4v) is 4.04. The maximum atomic E-state index is 12.9. The molecule has 1 aromatic carbocycles. The van der Waals surface area contributed by atoms with E-state index in [4.69, 9.17) is 14.9 Å². The molecule has 2 N–H and O–H groups in total. The van der Waals surface area contributed by atoms with Crippen molar-refractivity contribution in [3.63, 3.8) is 0 Å². The average Bonchev–Trinajstić information content (AvgIpc) is 3.60. The van der Waals surface area contributed by atoms with Crippen LogP contribution in [0.3, 0.4) is 0 Å². The molecule has 3 aliphatic carbocycles. The first-order chi connectivity index (χ1) is 15.9. The smallest absolute Gasteiger partial charge is 0.387 e. The summed E-state index contributed by atoms with van der Waals surface area (Å²) in [5.41, 5.74) is 0.760. The minimum Gasteiger partial charge on any atom is -0.486 e. The van der Waals surface area contributed by atoms with Gasteiger partial charge in [0.25, 0.3) is 0 Å². The molecule has 0 amide bonds. The van der Waals surface area contributed by atoms with Crippen LogP contribution in [0.1, 0.15) is 71.1 Å². The lowest BCUT2D eigenvalue weighted by Gasteiger charge is -2.27. The van der Waals surface area contributed by atoms with Gasteiger partial charge in [-0.3, -0.25) is 4.79 Å². The molecule has 1 aromatic rings. The molecule has 3 aliphatic rings. The topological polar surface area (TPSA) is 76.0 Å². The maximum absolute atomic E-state index is 12.9. The minimum atomic E-state index is -2.94. The number of aliphatic hydroxyl groups is 2. The summed E-state index contributed by atoms with van der Waals surface area (Å²) in [5.74, 6) is 0.0826. The summed E-state index contributed by atoms with van der Waals surface area (Å²) in [6, 6.07) is 4.37. The molecule has 0 radical (unpaired) electrons. The van der Waals surface area contributed by atoms with Gasteiger partial charge in [0.05, 0.1) is 6.10 Å². The molecule has 0 aromatic heterocycles. The molecule has 3 saturated carbocycles. The largest absolute Gasteiger partial charge is 0.486 e. The Morgan fingerprint density at radius 3 is 2.09 bits per heavy atom. The summed E-state index contributed by atoms with van der Waals surface area (Å²) in [5, 5.41) is 15.8. The van der Waals surface area contributed by atoms with E-state index < -0.39 is 12.4 Å². The highest BCUT2D eigenvalue weighted by Gasteiger charge is 2.22. The van der Waals surface area contributed by atoms with Crippen molar-refractivity contribution in [3.05, 3.63) is 24.0 Å². The Balaban J connectivity index is 0.000000267. The van der Waals surface area contributed by atoms with Gasteiger partial charge in [-0.25, -0.2) is 4.39 Å². The number of alkyl halides is 2. The molecule has 9 heteroatoms. The zero-order valence-electron chi connectivity index (χ0n) is 19.4. The van der Waals surface area contributed by atoms with Crippen LogP contribution in [0.25, 0.3) is 0 Å². The quantitative estimate of drug-likeness (QED) is 0.363. The van der Waals surface area contributed by atoms with Crippen LogP contribution >= 0.6 is 8.58 Å². The predicted molar refractivity (Wildman–Crippen MR) is 126 cm³/mol. The van der Waals surface area contributed by atoms with Gasteiger partial charge in [-0.05, 0) is 75.6 Å². The number of carbonyl (C=O) groups excluding carboxylic acids is 1. The lowest BCUT2D eigenvalue weighted by atomic mass is 9.96. The average molecular weight is 495 g/mol. The highest BCUT2D eigenvalue weighted by molar-refractivity contribution is 7.55. The van der Waals surface area contributed by atoms with E-state index in [9.17, 15) is 18.0 Å². The van der Waals surface area contributed by atoms with Crippen LogP contribution in [0, 0.1) is 11.7 Å². The number of benzene rings is 1. The van der Waals surface area contributed by atoms with E-state index >= 15 is 0 Å². The Morgan fingerprint density at radius 1 is 1.03 bits per heavy atom. The first-order valence-electron chi connectivity index (χ1n) is 11.8. The molecule has 1 unspecified atom stereocenters. The summed E-state index contributed by atoms with van der Waals surface area (Å²) in [7, 11) is 0.584. The lowest BCUT2D eigenvalue weighted by molar-refractivity contribution is -0.0527. The van der Waals surface area contributed by atoms with E-state index in [-0.39, 0.29) is 24.2 Å². The van der Waals surface area contributed by atoms with Gasteiger partial charge in [0.2, 0.25) is 0 Å². The van der Waals surface area contributed by atoms with Gasteiger partial charge >= 0.3 is 6.61 Å². The zero-order chi connectivity index (χ0) is 24.5. The minimum absolute atomic E-state index is 0.0122. The van der Waals surface area contributed by atoms with Crippen molar-refractivity contribution in [1.29, 1.82) is 0 Å². The highest BCUT2D eigenvalue weighted by atomic mass is 31.1. The number of aliphatic hydroxyl groups excluding tert-OH is 2. The number of carbonyl (C=O) groups is 1. The Hall–Kier alpha value is -1.37. The van der Waals surface area contributed by atoms with Crippen molar-refractivity contribution in [1.82, 2.24) is 0 Å². The molecule has 0 heterocycles. The van der Waals surface area contributed by atoms with Crippen LogP contribution in [0.5, 0.6) is 11.5 Å². The summed E-state index contributed by atoms with van der Waals surface area (Å²) in [6.07, 6.45) is 12.0. The number of rotatable bonds is 7. The standard InChI is InChI=1S/C11H11F3O2.C7H13OP.C4H8O.C2H6O/c12-7-4-5-9(16-11(13)14)10(6-7)15-8-2-1-3-8;8-6-9-7-4-2-1-3-5-7;5-3-4-1-2-4;1-2-3/h4-6,8,11H,1-3H2;6-7,9H,1-5H2;4-5H,1-3H2;3H,2H2,1H3. The van der Waals surface area contributed by atoms with E-state index in [0.29, 0.717) is 21.1 Å². The molecular formula is C24H38F3O5P. The molecule has 5 nitrogen and oxygen atoms in total. The summed E-state index contributed by atoms with van der Waals surface area (Å²) >= 11 is 0. The lowest BCUT2D eigenvalue weighted by Crippen LogP contribution is -2.25. The first-order valence-corrected chi connectivity index (χ1v) is 12.9. The van der Waals surface area contributed by atoms with E-state index in [1.807, 2.05) is 0 Å². The van der Waals surface area contributed by atoms with Crippen LogP contribution in [-0.2, 0) is 4.79 Å². The molecule has 1 atom stereocenters. The molecule has 3 fully saturated rings. The highest BCUT2D eigenvalue weighted by Crippen LogP contribution is 2.34. The molecule has 4 rings (SSSR count). The molecule has 190 valence electrons. The van der Waals surface area contributed by atoms with Gasteiger partial charge in [-0.1, -0.05) is 27.8 Å². The van der Waals surface area contributed by atoms with Crippen LogP contribution in [0.4, 0.5) is 13.2 Å². The van der Waals surface area contributed by atoms with Crippen LogP contribution in [0.15, 0.2) is 18.2 Å². The number of hydrogen-bond donors (Lipinski definition) is 2. The summed E-state index contributed by atoms with van der Waals surface area (Å²) < 4.78 is 46.7. The normalized spacial score (nSPS) is 18.2. The third-order valence-corrected chi connectivity index (χ3v) is 6.52. The van der Waals surface area contributed by atoms with Crippen LogP contribution in [0.2, 0.25) is 0 Å². The fourth-order valence-electron chi connectivity index (χ4n) is 3.10. The van der Waals surface area contributed by atoms with Gasteiger partial charge in [-0.15, -0.1) is 0 Å².